The van der Waals surface area contributed by atoms with Crippen molar-refractivity contribution in [2.24, 2.45) is 5.41 Å². The zero-order chi connectivity index (χ0) is 12.0. The van der Waals surface area contributed by atoms with Gasteiger partial charge in [-0.3, -0.25) is 0 Å². The molecule has 0 aliphatic heterocycles. The number of hydrogen-bond acceptors (Lipinski definition) is 3. The van der Waals surface area contributed by atoms with Gasteiger partial charge in [0.15, 0.2) is 5.82 Å². The molecule has 3 nitrogen and oxygen atoms in total. The van der Waals surface area contributed by atoms with Crippen molar-refractivity contribution in [2.45, 2.75) is 23.7 Å². The standard InChI is InChI=1S/C13H13IN2O/c1-13(2)9(10(13)14)11-15-12(17-16-11)8-6-4-3-5-7-8/h3-7,9-10H,1-2H3/t9-,10+/m0/s1. The van der Waals surface area contributed by atoms with Crippen LogP contribution >= 0.6 is 22.6 Å². The average molecular weight is 340 g/mol. The normalized spacial score (nSPS) is 25.8. The fraction of sp³-hybridized carbons (Fsp3) is 0.385. The van der Waals surface area contributed by atoms with E-state index in [9.17, 15) is 0 Å². The van der Waals surface area contributed by atoms with Gasteiger partial charge < -0.3 is 4.52 Å². The average Bonchev–Trinajstić information content (AvgIpc) is 2.72. The van der Waals surface area contributed by atoms with Crippen LogP contribution in [0.3, 0.4) is 0 Å². The van der Waals surface area contributed by atoms with Crippen molar-refractivity contribution < 1.29 is 4.52 Å². The van der Waals surface area contributed by atoms with Crippen molar-refractivity contribution >= 4 is 22.6 Å². The Balaban J connectivity index is 1.90. The number of halogens is 1. The zero-order valence-electron chi connectivity index (χ0n) is 9.72. The third-order valence-corrected chi connectivity index (χ3v) is 5.76. The highest BCUT2D eigenvalue weighted by Crippen LogP contribution is 2.62. The summed E-state index contributed by atoms with van der Waals surface area (Å²) in [5, 5.41) is 4.11. The molecular weight excluding hydrogens is 327 g/mol. The molecule has 1 aromatic heterocycles. The van der Waals surface area contributed by atoms with Gasteiger partial charge >= 0.3 is 0 Å². The highest BCUT2D eigenvalue weighted by Gasteiger charge is 2.59. The summed E-state index contributed by atoms with van der Waals surface area (Å²) < 4.78 is 5.93. The van der Waals surface area contributed by atoms with Gasteiger partial charge in [0.25, 0.3) is 5.89 Å². The van der Waals surface area contributed by atoms with E-state index >= 15 is 0 Å². The summed E-state index contributed by atoms with van der Waals surface area (Å²) in [6.45, 7) is 4.49. The van der Waals surface area contributed by atoms with E-state index in [4.69, 9.17) is 4.52 Å². The second kappa shape index (κ2) is 3.80. The first kappa shape index (κ1) is 11.2. The molecular formula is C13H13IN2O. The topological polar surface area (TPSA) is 38.9 Å². The number of aromatic nitrogens is 2. The second-order valence-corrected chi connectivity index (χ2v) is 6.37. The fourth-order valence-corrected chi connectivity index (χ4v) is 3.53. The van der Waals surface area contributed by atoms with E-state index in [0.717, 1.165) is 11.4 Å². The minimum Gasteiger partial charge on any atom is -0.334 e. The molecule has 1 heterocycles. The molecule has 4 heteroatoms. The maximum atomic E-state index is 5.33. The lowest BCUT2D eigenvalue weighted by Gasteiger charge is -1.95. The minimum atomic E-state index is 0.290. The van der Waals surface area contributed by atoms with E-state index < -0.39 is 0 Å². The third kappa shape index (κ3) is 1.78. The number of benzene rings is 1. The quantitative estimate of drug-likeness (QED) is 0.619. The molecule has 0 radical (unpaired) electrons. The van der Waals surface area contributed by atoms with Crippen LogP contribution in [-0.2, 0) is 0 Å². The van der Waals surface area contributed by atoms with Crippen LogP contribution in [-0.4, -0.2) is 14.1 Å². The molecule has 88 valence electrons. The number of hydrogen-bond donors (Lipinski definition) is 0. The van der Waals surface area contributed by atoms with Crippen LogP contribution in [0.1, 0.15) is 25.6 Å². The summed E-state index contributed by atoms with van der Waals surface area (Å²) in [5.41, 5.74) is 1.27. The Morgan fingerprint density at radius 3 is 2.47 bits per heavy atom. The predicted molar refractivity (Wildman–Crippen MR) is 74.1 cm³/mol. The summed E-state index contributed by atoms with van der Waals surface area (Å²) in [5.74, 6) is 1.88. The molecule has 3 rings (SSSR count). The highest BCUT2D eigenvalue weighted by molar-refractivity contribution is 14.1. The van der Waals surface area contributed by atoms with Crippen molar-refractivity contribution in [3.8, 4) is 11.5 Å². The smallest absolute Gasteiger partial charge is 0.257 e. The van der Waals surface area contributed by atoms with Gasteiger partial charge in [-0.05, 0) is 17.5 Å². The van der Waals surface area contributed by atoms with Crippen LogP contribution < -0.4 is 0 Å². The Hall–Kier alpha value is -0.910. The maximum absolute atomic E-state index is 5.33. The Morgan fingerprint density at radius 2 is 1.88 bits per heavy atom. The molecule has 1 aliphatic carbocycles. The van der Waals surface area contributed by atoms with Crippen molar-refractivity contribution in [3.05, 3.63) is 36.2 Å². The lowest BCUT2D eigenvalue weighted by atomic mass is 10.1. The first-order valence-corrected chi connectivity index (χ1v) is 6.88. The molecule has 17 heavy (non-hydrogen) atoms. The molecule has 0 amide bonds. The van der Waals surface area contributed by atoms with Crippen molar-refractivity contribution in [2.75, 3.05) is 0 Å². The molecule has 0 saturated heterocycles. The van der Waals surface area contributed by atoms with Crippen LogP contribution in [0.2, 0.25) is 0 Å². The van der Waals surface area contributed by atoms with Gasteiger partial charge in [0.05, 0.1) is 0 Å². The van der Waals surface area contributed by atoms with Gasteiger partial charge in [-0.15, -0.1) is 0 Å². The molecule has 0 spiro atoms. The monoisotopic (exact) mass is 340 g/mol. The Morgan fingerprint density at radius 1 is 1.24 bits per heavy atom. The molecule has 1 fully saturated rings. The summed E-state index contributed by atoms with van der Waals surface area (Å²) >= 11 is 2.47. The van der Waals surface area contributed by atoms with E-state index in [0.29, 0.717) is 21.1 Å². The number of alkyl halides is 1. The summed E-state index contributed by atoms with van der Waals surface area (Å²) in [6.07, 6.45) is 0. The summed E-state index contributed by atoms with van der Waals surface area (Å²) in [6, 6.07) is 9.89. The lowest BCUT2D eigenvalue weighted by molar-refractivity contribution is 0.419. The van der Waals surface area contributed by atoms with E-state index in [1.54, 1.807) is 0 Å². The Bertz CT molecular complexity index is 535. The zero-order valence-corrected chi connectivity index (χ0v) is 11.9. The van der Waals surface area contributed by atoms with E-state index in [-0.39, 0.29) is 0 Å². The second-order valence-electron chi connectivity index (χ2n) is 5.02. The van der Waals surface area contributed by atoms with Crippen LogP contribution in [0.15, 0.2) is 34.9 Å². The largest absolute Gasteiger partial charge is 0.334 e. The van der Waals surface area contributed by atoms with Gasteiger partial charge in [-0.1, -0.05) is 59.8 Å². The molecule has 2 atom stereocenters. The molecule has 1 saturated carbocycles. The predicted octanol–water partition coefficient (Wildman–Crippen LogP) is 3.66. The first-order chi connectivity index (χ1) is 8.10. The number of rotatable bonds is 2. The third-order valence-electron chi connectivity index (χ3n) is 3.44. The van der Waals surface area contributed by atoms with Gasteiger partial charge in [-0.25, -0.2) is 0 Å². The van der Waals surface area contributed by atoms with Gasteiger partial charge in [0, 0.05) is 15.4 Å². The molecule has 2 aromatic rings. The Kier molecular flexibility index (Phi) is 2.50. The van der Waals surface area contributed by atoms with Gasteiger partial charge in [0.2, 0.25) is 0 Å². The van der Waals surface area contributed by atoms with Crippen molar-refractivity contribution in [3.63, 3.8) is 0 Å². The maximum Gasteiger partial charge on any atom is 0.257 e. The van der Waals surface area contributed by atoms with Crippen LogP contribution in [0.4, 0.5) is 0 Å². The van der Waals surface area contributed by atoms with E-state index in [2.05, 4.69) is 46.6 Å². The molecule has 0 unspecified atom stereocenters. The van der Waals surface area contributed by atoms with Crippen molar-refractivity contribution in [1.29, 1.82) is 0 Å². The van der Waals surface area contributed by atoms with Crippen LogP contribution in [0.25, 0.3) is 11.5 Å². The summed E-state index contributed by atoms with van der Waals surface area (Å²) in [7, 11) is 0. The van der Waals surface area contributed by atoms with E-state index in [1.807, 2.05) is 30.3 Å². The van der Waals surface area contributed by atoms with Crippen LogP contribution in [0.5, 0.6) is 0 Å². The highest BCUT2D eigenvalue weighted by atomic mass is 127. The summed E-state index contributed by atoms with van der Waals surface area (Å²) in [4.78, 5) is 4.51. The molecule has 1 aromatic carbocycles. The van der Waals surface area contributed by atoms with Gasteiger partial charge in [0.1, 0.15) is 0 Å². The fourth-order valence-electron chi connectivity index (χ4n) is 2.10. The first-order valence-electron chi connectivity index (χ1n) is 5.64. The van der Waals surface area contributed by atoms with E-state index in [1.165, 1.54) is 0 Å². The molecule has 0 bridgehead atoms. The SMILES string of the molecule is CC1(C)[C@H](I)[C@H]1c1noc(-c2ccccc2)n1. The molecule has 0 N–H and O–H groups in total. The lowest BCUT2D eigenvalue weighted by Crippen LogP contribution is -1.91. The Labute approximate surface area is 114 Å². The number of nitrogens with zero attached hydrogens (tertiary/aromatic N) is 2. The van der Waals surface area contributed by atoms with Gasteiger partial charge in [-0.2, -0.15) is 4.98 Å². The van der Waals surface area contributed by atoms with Crippen molar-refractivity contribution in [1.82, 2.24) is 10.1 Å². The minimum absolute atomic E-state index is 0.290. The molecule has 1 aliphatic rings. The van der Waals surface area contributed by atoms with Crippen LogP contribution in [0, 0.1) is 5.41 Å².